The quantitative estimate of drug-likeness (QED) is 0.0610. The van der Waals surface area contributed by atoms with E-state index in [0.717, 1.165) is 31.2 Å². The standard InChI is InChI=1S/C54H93N11O10/c1-8-15-39-50(71)65-45(29-34(5)6)49(70)58-27-23-43(63-51(72)40(20-24-55)59-47(68)32-38(66)19-14-13-16-35(7)9-2)54(75)62-42(22-26-57)53(74)64-44(28-33(3)4)46(67)31-37(30-36-17-11-10-12-18-36)48(69)60-41(21-25-56)52(73)61-39/h10-12,17-18,33-35,37-45,66H,8-9,13-16,19-32,55-57H2,1-7H3,(H,58,70)(H,59,68)(H,60,69)(H,61,73)(H,62,75)(H,63,72)(H,64,74)(H,65,71)/t35-,37+,38+,39-,40+,41-,42-,43-,44+,45-/m0/s1. The van der Waals surface area contributed by atoms with Crippen LogP contribution < -0.4 is 59.7 Å². The minimum absolute atomic E-state index is 0.00453. The molecule has 0 unspecified atom stereocenters. The Labute approximate surface area is 445 Å². The summed E-state index contributed by atoms with van der Waals surface area (Å²) in [6.07, 6.45) is 3.21. The molecule has 424 valence electrons. The Morgan fingerprint density at radius 1 is 0.653 bits per heavy atom. The fourth-order valence-electron chi connectivity index (χ4n) is 8.88. The van der Waals surface area contributed by atoms with Crippen molar-refractivity contribution in [1.82, 2.24) is 42.5 Å². The Hall–Kier alpha value is -5.51. The number of nitrogens with one attached hydrogen (secondary N) is 8. The van der Waals surface area contributed by atoms with Crippen molar-refractivity contribution in [2.24, 2.45) is 40.9 Å². The molecule has 15 N–H and O–H groups in total. The number of nitrogens with two attached hydrogens (primary N) is 3. The van der Waals surface area contributed by atoms with Crippen LogP contribution >= 0.6 is 0 Å². The first-order valence-corrected chi connectivity index (χ1v) is 27.4. The van der Waals surface area contributed by atoms with E-state index in [1.54, 1.807) is 30.3 Å². The van der Waals surface area contributed by atoms with Crippen molar-refractivity contribution in [3.8, 4) is 0 Å². The van der Waals surface area contributed by atoms with Crippen LogP contribution in [0.5, 0.6) is 0 Å². The third-order valence-electron chi connectivity index (χ3n) is 13.4. The fourth-order valence-corrected chi connectivity index (χ4v) is 8.88. The van der Waals surface area contributed by atoms with E-state index in [4.69, 9.17) is 17.2 Å². The molecule has 1 fully saturated rings. The molecular formula is C54H93N11O10. The van der Waals surface area contributed by atoms with Gasteiger partial charge >= 0.3 is 0 Å². The highest BCUT2D eigenvalue weighted by Gasteiger charge is 2.36. The SMILES string of the molecule is CCC[C@@H]1NC(=O)[C@H](CCN)NC(=O)[C@H](Cc2ccccc2)CC(=O)[C@@H](CC(C)C)NC(=O)[C@H](CCN)NC(=O)[C@@H](NC(=O)[C@@H](CCN)NC(=O)C[C@H](O)CCCC[C@@H](C)CC)CCNC(=O)[C@H](CC(C)C)NC1=O. The number of unbranched alkanes of at least 4 members (excludes halogenated alkanes) is 1. The summed E-state index contributed by atoms with van der Waals surface area (Å²) in [7, 11) is 0. The smallest absolute Gasteiger partial charge is 0.243 e. The van der Waals surface area contributed by atoms with Gasteiger partial charge in [0.15, 0.2) is 5.78 Å². The lowest BCUT2D eigenvalue weighted by Gasteiger charge is -2.28. The molecule has 0 bridgehead atoms. The van der Waals surface area contributed by atoms with Gasteiger partial charge in [0.2, 0.25) is 47.3 Å². The van der Waals surface area contributed by atoms with Gasteiger partial charge < -0.3 is 64.8 Å². The number of rotatable bonds is 25. The molecule has 0 aliphatic carbocycles. The van der Waals surface area contributed by atoms with Gasteiger partial charge in [-0.2, -0.15) is 0 Å². The van der Waals surface area contributed by atoms with E-state index in [1.165, 1.54) is 0 Å². The van der Waals surface area contributed by atoms with E-state index < -0.39 is 107 Å². The zero-order valence-corrected chi connectivity index (χ0v) is 45.8. The third kappa shape index (κ3) is 25.3. The van der Waals surface area contributed by atoms with Crippen LogP contribution in [0.2, 0.25) is 0 Å². The molecule has 21 nitrogen and oxygen atoms in total. The molecule has 8 amide bonds. The predicted octanol–water partition coefficient (Wildman–Crippen LogP) is 1.01. The number of Topliss-reactive ketones (excluding diaryl/α,β-unsaturated/α-hetero) is 1. The van der Waals surface area contributed by atoms with Crippen LogP contribution in [0.3, 0.4) is 0 Å². The van der Waals surface area contributed by atoms with E-state index in [1.807, 2.05) is 34.6 Å². The molecule has 1 aliphatic heterocycles. The normalized spacial score (nSPS) is 23.4. The highest BCUT2D eigenvalue weighted by molar-refractivity contribution is 5.98. The maximum atomic E-state index is 14.4. The Kier molecular flexibility index (Phi) is 31.2. The first-order chi connectivity index (χ1) is 35.7. The average molecular weight is 1060 g/mol. The molecule has 0 aromatic heterocycles. The molecule has 1 aromatic rings. The lowest BCUT2D eigenvalue weighted by Crippen LogP contribution is -2.59. The summed E-state index contributed by atoms with van der Waals surface area (Å²) in [5.41, 5.74) is 18.5. The first kappa shape index (κ1) is 65.6. The summed E-state index contributed by atoms with van der Waals surface area (Å²) >= 11 is 0. The summed E-state index contributed by atoms with van der Waals surface area (Å²) in [5.74, 6) is -6.77. The molecule has 1 aliphatic rings. The maximum Gasteiger partial charge on any atom is 0.243 e. The number of hydrogen-bond donors (Lipinski definition) is 12. The molecule has 1 saturated heterocycles. The number of aliphatic hydroxyl groups excluding tert-OH is 1. The number of amides is 8. The van der Waals surface area contributed by atoms with Gasteiger partial charge in [-0.05, 0) is 101 Å². The molecule has 21 heteroatoms. The van der Waals surface area contributed by atoms with Crippen molar-refractivity contribution in [1.29, 1.82) is 0 Å². The van der Waals surface area contributed by atoms with E-state index >= 15 is 0 Å². The van der Waals surface area contributed by atoms with Crippen molar-refractivity contribution in [3.63, 3.8) is 0 Å². The summed E-state index contributed by atoms with van der Waals surface area (Å²) in [4.78, 5) is 127. The van der Waals surface area contributed by atoms with Gasteiger partial charge in [0, 0.05) is 18.9 Å². The van der Waals surface area contributed by atoms with Crippen LogP contribution in [-0.4, -0.2) is 133 Å². The van der Waals surface area contributed by atoms with Gasteiger partial charge in [-0.1, -0.05) is 111 Å². The van der Waals surface area contributed by atoms with Gasteiger partial charge in [-0.3, -0.25) is 43.2 Å². The Morgan fingerprint density at radius 3 is 1.75 bits per heavy atom. The van der Waals surface area contributed by atoms with Gasteiger partial charge in [0.05, 0.1) is 18.6 Å². The van der Waals surface area contributed by atoms with Crippen LogP contribution in [0.25, 0.3) is 0 Å². The largest absolute Gasteiger partial charge is 0.393 e. The van der Waals surface area contributed by atoms with Gasteiger partial charge in [-0.15, -0.1) is 0 Å². The molecule has 0 saturated carbocycles. The molecule has 2 rings (SSSR count). The summed E-state index contributed by atoms with van der Waals surface area (Å²) in [6, 6.07) is 0.427. The molecule has 0 radical (unpaired) electrons. The van der Waals surface area contributed by atoms with Crippen molar-refractivity contribution < 1.29 is 48.3 Å². The second-order valence-electron chi connectivity index (χ2n) is 21.1. The van der Waals surface area contributed by atoms with Gasteiger partial charge in [-0.25, -0.2) is 0 Å². The highest BCUT2D eigenvalue weighted by atomic mass is 16.3. The Balaban J connectivity index is 2.66. The molecule has 1 heterocycles. The Morgan fingerprint density at radius 2 is 1.19 bits per heavy atom. The van der Waals surface area contributed by atoms with Crippen molar-refractivity contribution in [2.75, 3.05) is 26.2 Å². The summed E-state index contributed by atoms with van der Waals surface area (Å²) in [5, 5.41) is 32.5. The highest BCUT2D eigenvalue weighted by Crippen LogP contribution is 2.19. The van der Waals surface area contributed by atoms with E-state index in [9.17, 15) is 48.3 Å². The fraction of sp³-hybridized carbons (Fsp3) is 0.722. The minimum Gasteiger partial charge on any atom is -0.393 e. The summed E-state index contributed by atoms with van der Waals surface area (Å²) in [6.45, 7) is 13.2. The molecule has 1 aromatic carbocycles. The van der Waals surface area contributed by atoms with Crippen LogP contribution in [-0.2, 0) is 49.6 Å². The van der Waals surface area contributed by atoms with Crippen LogP contribution in [0.15, 0.2) is 30.3 Å². The molecule has 10 atom stereocenters. The zero-order valence-electron chi connectivity index (χ0n) is 45.8. The number of carbonyl (C=O) groups excluding carboxylic acids is 9. The lowest BCUT2D eigenvalue weighted by atomic mass is 9.88. The van der Waals surface area contributed by atoms with E-state index in [0.29, 0.717) is 18.8 Å². The maximum absolute atomic E-state index is 14.4. The monoisotopic (exact) mass is 1060 g/mol. The van der Waals surface area contributed by atoms with Gasteiger partial charge in [0.1, 0.15) is 36.3 Å². The van der Waals surface area contributed by atoms with Crippen molar-refractivity contribution in [3.05, 3.63) is 35.9 Å². The van der Waals surface area contributed by atoms with E-state index in [2.05, 4.69) is 56.4 Å². The predicted molar refractivity (Wildman–Crippen MR) is 288 cm³/mol. The van der Waals surface area contributed by atoms with Gasteiger partial charge in [0.25, 0.3) is 0 Å². The number of benzene rings is 1. The summed E-state index contributed by atoms with van der Waals surface area (Å²) < 4.78 is 0. The minimum atomic E-state index is -1.44. The van der Waals surface area contributed by atoms with Crippen LogP contribution in [0.1, 0.15) is 150 Å². The number of aliphatic hydroxyl groups is 1. The number of hydrogen-bond acceptors (Lipinski definition) is 13. The average Bonchev–Trinajstić information content (AvgIpc) is 3.35. The lowest BCUT2D eigenvalue weighted by molar-refractivity contribution is -0.136. The Bertz CT molecular complexity index is 1960. The van der Waals surface area contributed by atoms with Crippen molar-refractivity contribution >= 4 is 53.0 Å². The van der Waals surface area contributed by atoms with Crippen LogP contribution in [0.4, 0.5) is 0 Å². The molecular weight excluding hydrogens is 963 g/mol. The first-order valence-electron chi connectivity index (χ1n) is 27.4. The topological polar surface area (TPSA) is 348 Å². The van der Waals surface area contributed by atoms with Crippen LogP contribution in [0, 0.1) is 23.7 Å². The molecule has 75 heavy (non-hydrogen) atoms. The number of ketones is 1. The second kappa shape index (κ2) is 35.7. The third-order valence-corrected chi connectivity index (χ3v) is 13.4. The van der Waals surface area contributed by atoms with E-state index in [-0.39, 0.29) is 102 Å². The molecule has 0 spiro atoms. The zero-order chi connectivity index (χ0) is 56.0. The van der Waals surface area contributed by atoms with Crippen molar-refractivity contribution in [2.45, 2.75) is 200 Å². The number of carbonyl (C=O) groups is 9. The second-order valence-corrected chi connectivity index (χ2v) is 21.1.